The van der Waals surface area contributed by atoms with Crippen molar-refractivity contribution in [3.05, 3.63) is 0 Å². The Morgan fingerprint density at radius 2 is 1.25 bits per heavy atom. The molecule has 0 radical (unpaired) electrons. The average molecular weight is 293 g/mol. The standard InChI is InChI=1S/C5H10N2O.C4H10.4C2H6/c1-7-4-2-3-5(8)6-7;1-3-4-2;4*1-2/h2-4H2,1H3,(H,6,8);3-4H2,1-2H3;4*1-2H3. The van der Waals surface area contributed by atoms with Gasteiger partial charge in [0.1, 0.15) is 0 Å². The summed E-state index contributed by atoms with van der Waals surface area (Å²) in [5.41, 5.74) is 2.67. The lowest BCUT2D eigenvalue weighted by Gasteiger charge is -2.22. The molecule has 20 heavy (non-hydrogen) atoms. The van der Waals surface area contributed by atoms with Crippen LogP contribution in [0.5, 0.6) is 0 Å². The van der Waals surface area contributed by atoms with Gasteiger partial charge in [0.25, 0.3) is 0 Å². The van der Waals surface area contributed by atoms with Gasteiger partial charge in [0.2, 0.25) is 5.91 Å². The normalized spacial score (nSPS) is 11.8. The van der Waals surface area contributed by atoms with E-state index in [2.05, 4.69) is 19.3 Å². The Morgan fingerprint density at radius 1 is 0.900 bits per heavy atom. The van der Waals surface area contributed by atoms with Crippen LogP contribution in [0, 0.1) is 0 Å². The summed E-state index contributed by atoms with van der Waals surface area (Å²) in [5.74, 6) is 0.138. The van der Waals surface area contributed by atoms with Crippen molar-refractivity contribution >= 4 is 5.91 Å². The number of unbranched alkanes of at least 4 members (excludes halogenated alkanes) is 1. The molecule has 1 fully saturated rings. The van der Waals surface area contributed by atoms with E-state index in [1.807, 2.05) is 67.4 Å². The fraction of sp³-hybridized carbons (Fsp3) is 0.941. The zero-order valence-corrected chi connectivity index (χ0v) is 16.4. The molecule has 0 unspecified atom stereocenters. The lowest BCUT2D eigenvalue weighted by Crippen LogP contribution is -2.43. The van der Waals surface area contributed by atoms with E-state index < -0.39 is 0 Å². The number of rotatable bonds is 1. The minimum absolute atomic E-state index is 0.138. The van der Waals surface area contributed by atoms with Gasteiger partial charge in [-0.3, -0.25) is 10.2 Å². The van der Waals surface area contributed by atoms with Gasteiger partial charge < -0.3 is 0 Å². The van der Waals surface area contributed by atoms with Gasteiger partial charge in [0, 0.05) is 20.0 Å². The van der Waals surface area contributed by atoms with Crippen LogP contribution in [0.1, 0.15) is 94.9 Å². The summed E-state index contributed by atoms with van der Waals surface area (Å²) in [4.78, 5) is 10.5. The van der Waals surface area contributed by atoms with Crippen molar-refractivity contribution in [2.75, 3.05) is 13.6 Å². The Hall–Kier alpha value is -0.570. The van der Waals surface area contributed by atoms with Gasteiger partial charge >= 0.3 is 0 Å². The predicted molar refractivity (Wildman–Crippen MR) is 96.0 cm³/mol. The highest BCUT2D eigenvalue weighted by Crippen LogP contribution is 1.96. The first-order chi connectivity index (χ1) is 9.70. The van der Waals surface area contributed by atoms with Crippen molar-refractivity contribution in [3.8, 4) is 0 Å². The zero-order valence-electron chi connectivity index (χ0n) is 16.4. The summed E-state index contributed by atoms with van der Waals surface area (Å²) in [5, 5.41) is 1.81. The van der Waals surface area contributed by atoms with E-state index in [1.54, 1.807) is 0 Å². The number of amides is 1. The molecule has 1 N–H and O–H groups in total. The Bertz CT molecular complexity index is 126. The van der Waals surface area contributed by atoms with E-state index in [0.29, 0.717) is 6.42 Å². The zero-order chi connectivity index (χ0) is 17.4. The van der Waals surface area contributed by atoms with Crippen LogP contribution < -0.4 is 5.43 Å². The second kappa shape index (κ2) is 42.9. The van der Waals surface area contributed by atoms with Crippen LogP contribution in [0.2, 0.25) is 0 Å². The molecule has 0 aromatic carbocycles. The molecular formula is C17H44N2O. The van der Waals surface area contributed by atoms with Gasteiger partial charge in [-0.15, -0.1) is 0 Å². The summed E-state index contributed by atoms with van der Waals surface area (Å²) < 4.78 is 0. The van der Waals surface area contributed by atoms with E-state index in [4.69, 9.17) is 0 Å². The molecule has 1 rings (SSSR count). The second-order valence-corrected chi connectivity index (χ2v) is 3.06. The van der Waals surface area contributed by atoms with Gasteiger partial charge in [-0.1, -0.05) is 82.1 Å². The van der Waals surface area contributed by atoms with Gasteiger partial charge in [0.15, 0.2) is 0 Å². The summed E-state index contributed by atoms with van der Waals surface area (Å²) in [6, 6.07) is 0. The highest BCUT2D eigenvalue weighted by atomic mass is 16.2. The third kappa shape index (κ3) is 43.3. The van der Waals surface area contributed by atoms with E-state index in [-0.39, 0.29) is 5.91 Å². The van der Waals surface area contributed by atoms with Gasteiger partial charge in [-0.2, -0.15) is 0 Å². The third-order valence-corrected chi connectivity index (χ3v) is 1.71. The molecule has 128 valence electrons. The van der Waals surface area contributed by atoms with Crippen LogP contribution in [0.15, 0.2) is 0 Å². The van der Waals surface area contributed by atoms with Crippen LogP contribution in [0.25, 0.3) is 0 Å². The van der Waals surface area contributed by atoms with E-state index in [0.717, 1.165) is 13.0 Å². The largest absolute Gasteiger partial charge is 0.289 e. The molecule has 3 nitrogen and oxygen atoms in total. The molecule has 0 aromatic heterocycles. The first-order valence-corrected chi connectivity index (χ1v) is 8.71. The number of nitrogens with one attached hydrogen (secondary N) is 1. The van der Waals surface area contributed by atoms with Crippen LogP contribution >= 0.6 is 0 Å². The van der Waals surface area contributed by atoms with Gasteiger partial charge in [-0.25, -0.2) is 5.01 Å². The molecule has 1 heterocycles. The summed E-state index contributed by atoms with van der Waals surface area (Å²) >= 11 is 0. The molecule has 1 aliphatic heterocycles. The second-order valence-electron chi connectivity index (χ2n) is 3.06. The monoisotopic (exact) mass is 292 g/mol. The first-order valence-electron chi connectivity index (χ1n) is 8.71. The molecule has 1 aliphatic rings. The van der Waals surface area contributed by atoms with Gasteiger partial charge in [0.05, 0.1) is 0 Å². The molecule has 0 spiro atoms. The molecule has 0 atom stereocenters. The van der Waals surface area contributed by atoms with E-state index in [1.165, 1.54) is 12.8 Å². The fourth-order valence-electron chi connectivity index (χ4n) is 0.801. The predicted octanol–water partition coefficient (Wildman–Crippen LogP) is 5.65. The minimum atomic E-state index is 0.138. The highest BCUT2D eigenvalue weighted by Gasteiger charge is 2.09. The topological polar surface area (TPSA) is 32.3 Å². The number of hydrazine groups is 1. The average Bonchev–Trinajstić information content (AvgIpc) is 2.55. The quantitative estimate of drug-likeness (QED) is 0.677. The molecule has 1 saturated heterocycles. The van der Waals surface area contributed by atoms with Crippen LogP contribution in [-0.4, -0.2) is 24.5 Å². The molecule has 0 saturated carbocycles. The van der Waals surface area contributed by atoms with Crippen LogP contribution in [0.4, 0.5) is 0 Å². The number of carbonyl (C=O) groups excluding carboxylic acids is 1. The maximum absolute atomic E-state index is 10.5. The molecule has 0 aromatic rings. The lowest BCUT2D eigenvalue weighted by molar-refractivity contribution is -0.127. The molecule has 0 bridgehead atoms. The van der Waals surface area contributed by atoms with Crippen LogP contribution in [0.3, 0.4) is 0 Å². The van der Waals surface area contributed by atoms with Crippen molar-refractivity contribution in [1.29, 1.82) is 0 Å². The molecule has 1 amide bonds. The summed E-state index contributed by atoms with van der Waals surface area (Å²) in [7, 11) is 1.87. The Kier molecular flexibility index (Phi) is 67.9. The van der Waals surface area contributed by atoms with Crippen molar-refractivity contribution < 1.29 is 4.79 Å². The molecule has 3 heteroatoms. The lowest BCUT2D eigenvalue weighted by atomic mass is 10.2. The minimum Gasteiger partial charge on any atom is -0.289 e. The molecular weight excluding hydrogens is 248 g/mol. The Morgan fingerprint density at radius 3 is 1.40 bits per heavy atom. The highest BCUT2D eigenvalue weighted by molar-refractivity contribution is 5.75. The number of carbonyl (C=O) groups is 1. The fourth-order valence-corrected chi connectivity index (χ4v) is 0.801. The molecule has 0 aliphatic carbocycles. The van der Waals surface area contributed by atoms with E-state index in [9.17, 15) is 4.79 Å². The number of hydrogen-bond donors (Lipinski definition) is 1. The van der Waals surface area contributed by atoms with Crippen LogP contribution in [-0.2, 0) is 4.79 Å². The van der Waals surface area contributed by atoms with Crippen molar-refractivity contribution in [2.45, 2.75) is 94.9 Å². The number of nitrogens with zero attached hydrogens (tertiary/aromatic N) is 1. The maximum Gasteiger partial charge on any atom is 0.234 e. The van der Waals surface area contributed by atoms with Crippen molar-refractivity contribution in [1.82, 2.24) is 10.4 Å². The number of hydrogen-bond acceptors (Lipinski definition) is 2. The maximum atomic E-state index is 10.5. The Balaban J connectivity index is -0.0000000538. The summed E-state index contributed by atoms with van der Waals surface area (Å²) in [6.07, 6.45) is 4.31. The van der Waals surface area contributed by atoms with Crippen molar-refractivity contribution in [2.24, 2.45) is 0 Å². The SMILES string of the molecule is CC.CC.CC.CC.CCCC.CN1CCCC(=O)N1. The third-order valence-electron chi connectivity index (χ3n) is 1.71. The Labute approximate surface area is 130 Å². The first kappa shape index (κ1) is 31.7. The van der Waals surface area contributed by atoms with Crippen molar-refractivity contribution in [3.63, 3.8) is 0 Å². The van der Waals surface area contributed by atoms with E-state index >= 15 is 0 Å². The summed E-state index contributed by atoms with van der Waals surface area (Å²) in [6.45, 7) is 21.3. The van der Waals surface area contributed by atoms with Gasteiger partial charge in [-0.05, 0) is 6.42 Å². The smallest absolute Gasteiger partial charge is 0.234 e.